The monoisotopic (exact) mass is 429 g/mol. The van der Waals surface area contributed by atoms with Gasteiger partial charge in [0.05, 0.1) is 11.9 Å². The first kappa shape index (κ1) is 20.5. The fraction of sp³-hybridized carbons (Fsp3) is 0.320. The Labute approximate surface area is 187 Å². The number of carbonyl (C=O) groups is 2. The van der Waals surface area contributed by atoms with E-state index in [0.29, 0.717) is 26.1 Å². The Morgan fingerprint density at radius 3 is 2.56 bits per heavy atom. The lowest BCUT2D eigenvalue weighted by Crippen LogP contribution is -2.69. The van der Waals surface area contributed by atoms with Crippen LogP contribution in [0.4, 0.5) is 0 Å². The van der Waals surface area contributed by atoms with E-state index in [1.54, 1.807) is 4.90 Å². The highest BCUT2D eigenvalue weighted by Gasteiger charge is 2.43. The number of rotatable bonds is 5. The van der Waals surface area contributed by atoms with Crippen molar-refractivity contribution >= 4 is 11.8 Å². The van der Waals surface area contributed by atoms with Gasteiger partial charge in [0.15, 0.2) is 0 Å². The van der Waals surface area contributed by atoms with Gasteiger partial charge in [0, 0.05) is 44.4 Å². The molecular weight excluding hydrogens is 402 g/mol. The van der Waals surface area contributed by atoms with Gasteiger partial charge in [-0.15, -0.1) is 0 Å². The molecule has 1 N–H and O–H groups in total. The fourth-order valence-electron chi connectivity index (χ4n) is 4.53. The molecule has 0 saturated carbocycles. The quantitative estimate of drug-likeness (QED) is 0.673. The van der Waals surface area contributed by atoms with Gasteiger partial charge in [0.2, 0.25) is 11.8 Å². The van der Waals surface area contributed by atoms with Crippen molar-refractivity contribution in [2.24, 2.45) is 0 Å². The number of nitrogens with zero attached hydrogens (tertiary/aromatic N) is 4. The Morgan fingerprint density at radius 1 is 1.00 bits per heavy atom. The molecule has 0 radical (unpaired) electrons. The summed E-state index contributed by atoms with van der Waals surface area (Å²) in [7, 11) is 0. The second kappa shape index (κ2) is 8.59. The Hall–Kier alpha value is -3.45. The normalized spacial score (nSPS) is 21.3. The van der Waals surface area contributed by atoms with Gasteiger partial charge in [-0.1, -0.05) is 48.0 Å². The molecule has 5 rings (SSSR count). The van der Waals surface area contributed by atoms with Crippen LogP contribution in [0.2, 0.25) is 0 Å². The van der Waals surface area contributed by atoms with Crippen molar-refractivity contribution in [3.63, 3.8) is 0 Å². The summed E-state index contributed by atoms with van der Waals surface area (Å²) < 4.78 is 1.87. The summed E-state index contributed by atoms with van der Waals surface area (Å²) in [6.45, 7) is 4.60. The van der Waals surface area contributed by atoms with Gasteiger partial charge in [-0.3, -0.25) is 14.5 Å². The van der Waals surface area contributed by atoms with E-state index >= 15 is 0 Å². The van der Waals surface area contributed by atoms with Crippen LogP contribution >= 0.6 is 0 Å². The van der Waals surface area contributed by atoms with Gasteiger partial charge < -0.3 is 10.2 Å². The molecular formula is C25H27N5O2. The second-order valence-electron chi connectivity index (χ2n) is 8.66. The molecule has 2 fully saturated rings. The highest BCUT2D eigenvalue weighted by Crippen LogP contribution is 2.20. The van der Waals surface area contributed by atoms with E-state index < -0.39 is 12.1 Å². The zero-order valence-corrected chi connectivity index (χ0v) is 18.1. The number of amides is 2. The van der Waals surface area contributed by atoms with Crippen LogP contribution in [0, 0.1) is 6.92 Å². The lowest BCUT2D eigenvalue weighted by atomic mass is 9.98. The van der Waals surface area contributed by atoms with Crippen LogP contribution in [0.1, 0.15) is 16.7 Å². The summed E-state index contributed by atoms with van der Waals surface area (Å²) in [5.41, 5.74) is 4.37. The maximum atomic E-state index is 13.0. The molecule has 2 atom stereocenters. The number of benzene rings is 2. The van der Waals surface area contributed by atoms with Crippen molar-refractivity contribution in [1.29, 1.82) is 0 Å². The number of aromatic nitrogens is 2. The van der Waals surface area contributed by atoms with Crippen LogP contribution in [-0.4, -0.2) is 63.1 Å². The van der Waals surface area contributed by atoms with Crippen molar-refractivity contribution in [1.82, 2.24) is 24.9 Å². The van der Waals surface area contributed by atoms with E-state index in [4.69, 9.17) is 0 Å². The molecule has 32 heavy (non-hydrogen) atoms. The molecule has 1 aromatic heterocycles. The third-order valence-corrected chi connectivity index (χ3v) is 6.29. The molecule has 7 nitrogen and oxygen atoms in total. The summed E-state index contributed by atoms with van der Waals surface area (Å²) in [5, 5.41) is 7.44. The molecule has 3 heterocycles. The number of carbonyl (C=O) groups excluding carboxylic acids is 2. The Balaban J connectivity index is 1.22. The van der Waals surface area contributed by atoms with Gasteiger partial charge in [-0.2, -0.15) is 5.10 Å². The van der Waals surface area contributed by atoms with Gasteiger partial charge in [-0.25, -0.2) is 4.68 Å². The Morgan fingerprint density at radius 2 is 1.78 bits per heavy atom. The minimum atomic E-state index is -0.486. The topological polar surface area (TPSA) is 70.5 Å². The molecule has 2 aliphatic rings. The largest absolute Gasteiger partial charge is 0.342 e. The molecule has 3 aromatic rings. The van der Waals surface area contributed by atoms with E-state index in [1.807, 2.05) is 47.4 Å². The molecule has 7 heteroatoms. The SMILES string of the molecule is Cc1ccc(-n2cc(CN3CCN4C(=O)[C@H](Cc5ccccc5)NC(=O)[C@H]4C3)cn2)cc1. The highest BCUT2D eigenvalue weighted by atomic mass is 16.2. The van der Waals surface area contributed by atoms with Gasteiger partial charge in [0.25, 0.3) is 0 Å². The standard InChI is InChI=1S/C25H27N5O2/c1-18-7-9-21(10-8-18)30-16-20(14-26-30)15-28-11-12-29-23(17-28)24(31)27-22(25(29)32)13-19-5-3-2-4-6-19/h2-10,14,16,22-23H,11-13,15,17H2,1H3,(H,27,31)/t22-,23+/m0/s1. The number of aryl methyl sites for hydroxylation is 1. The Bertz CT molecular complexity index is 1110. The molecule has 2 aliphatic heterocycles. The minimum Gasteiger partial charge on any atom is -0.342 e. The van der Waals surface area contributed by atoms with E-state index in [9.17, 15) is 9.59 Å². The van der Waals surface area contributed by atoms with Crippen LogP contribution in [0.5, 0.6) is 0 Å². The highest BCUT2D eigenvalue weighted by molar-refractivity contribution is 5.97. The van der Waals surface area contributed by atoms with Crippen LogP contribution < -0.4 is 5.32 Å². The lowest BCUT2D eigenvalue weighted by molar-refractivity contribution is -0.153. The van der Waals surface area contributed by atoms with Crippen molar-refractivity contribution in [3.8, 4) is 5.69 Å². The third kappa shape index (κ3) is 4.16. The number of nitrogens with one attached hydrogen (secondary N) is 1. The lowest BCUT2D eigenvalue weighted by Gasteiger charge is -2.45. The molecule has 2 saturated heterocycles. The van der Waals surface area contributed by atoms with E-state index in [-0.39, 0.29) is 11.8 Å². The predicted molar refractivity (Wildman–Crippen MR) is 121 cm³/mol. The smallest absolute Gasteiger partial charge is 0.246 e. The number of hydrogen-bond donors (Lipinski definition) is 1. The van der Waals surface area contributed by atoms with Crippen LogP contribution in [0.15, 0.2) is 67.0 Å². The maximum absolute atomic E-state index is 13.0. The van der Waals surface area contributed by atoms with E-state index in [0.717, 1.165) is 23.4 Å². The average molecular weight is 430 g/mol. The van der Waals surface area contributed by atoms with Crippen LogP contribution in [0.3, 0.4) is 0 Å². The third-order valence-electron chi connectivity index (χ3n) is 6.29. The number of fused-ring (bicyclic) bond motifs is 1. The zero-order valence-electron chi connectivity index (χ0n) is 18.1. The molecule has 2 aromatic carbocycles. The predicted octanol–water partition coefficient (Wildman–Crippen LogP) is 1.93. The molecule has 0 unspecified atom stereocenters. The van der Waals surface area contributed by atoms with Gasteiger partial charge in [-0.05, 0) is 24.6 Å². The molecule has 0 aliphatic carbocycles. The van der Waals surface area contributed by atoms with Crippen molar-refractivity contribution in [2.45, 2.75) is 32.0 Å². The molecule has 0 spiro atoms. The first-order chi connectivity index (χ1) is 15.6. The second-order valence-corrected chi connectivity index (χ2v) is 8.66. The van der Waals surface area contributed by atoms with Crippen molar-refractivity contribution in [2.75, 3.05) is 19.6 Å². The van der Waals surface area contributed by atoms with Crippen molar-refractivity contribution < 1.29 is 9.59 Å². The number of hydrogen-bond acceptors (Lipinski definition) is 4. The fourth-order valence-corrected chi connectivity index (χ4v) is 4.53. The molecule has 164 valence electrons. The molecule has 2 amide bonds. The van der Waals surface area contributed by atoms with Gasteiger partial charge >= 0.3 is 0 Å². The summed E-state index contributed by atoms with van der Waals surface area (Å²) >= 11 is 0. The first-order valence-corrected chi connectivity index (χ1v) is 11.0. The van der Waals surface area contributed by atoms with Crippen molar-refractivity contribution in [3.05, 3.63) is 83.7 Å². The molecule has 0 bridgehead atoms. The maximum Gasteiger partial charge on any atom is 0.246 e. The zero-order chi connectivity index (χ0) is 22.1. The minimum absolute atomic E-state index is 0.0188. The van der Waals surface area contributed by atoms with E-state index in [1.165, 1.54) is 5.56 Å². The summed E-state index contributed by atoms with van der Waals surface area (Å²) in [4.78, 5) is 29.9. The average Bonchev–Trinajstić information content (AvgIpc) is 3.27. The van der Waals surface area contributed by atoms with Crippen LogP contribution in [-0.2, 0) is 22.6 Å². The summed E-state index contributed by atoms with van der Waals surface area (Å²) in [5.74, 6) is -0.0455. The summed E-state index contributed by atoms with van der Waals surface area (Å²) in [6, 6.07) is 17.1. The van der Waals surface area contributed by atoms with E-state index in [2.05, 4.69) is 46.5 Å². The van der Waals surface area contributed by atoms with Gasteiger partial charge in [0.1, 0.15) is 12.1 Å². The first-order valence-electron chi connectivity index (χ1n) is 11.0. The Kier molecular flexibility index (Phi) is 5.49. The van der Waals surface area contributed by atoms with Crippen LogP contribution in [0.25, 0.3) is 5.69 Å². The summed E-state index contributed by atoms with van der Waals surface area (Å²) in [6.07, 6.45) is 4.42. The number of piperazine rings is 2.